The van der Waals surface area contributed by atoms with E-state index in [0.29, 0.717) is 12.2 Å². The van der Waals surface area contributed by atoms with E-state index in [-0.39, 0.29) is 17.9 Å². The Morgan fingerprint density at radius 3 is 2.24 bits per heavy atom. The number of nitrogens with one attached hydrogen (secondary N) is 1. The molecule has 0 saturated carbocycles. The van der Waals surface area contributed by atoms with E-state index in [2.05, 4.69) is 5.32 Å². The van der Waals surface area contributed by atoms with Crippen molar-refractivity contribution in [3.05, 3.63) is 65.2 Å². The maximum Gasteiger partial charge on any atom is 0.250 e. The van der Waals surface area contributed by atoms with Crippen LogP contribution in [0, 0.1) is 0 Å². The van der Waals surface area contributed by atoms with Crippen molar-refractivity contribution in [1.82, 2.24) is 0 Å². The highest BCUT2D eigenvalue weighted by Crippen LogP contribution is 2.15. The number of hydrogen-bond donors (Lipinski definition) is 3. The molecule has 21 heavy (non-hydrogen) atoms. The molecule has 5 heteroatoms. The maximum atomic E-state index is 12.1. The lowest BCUT2D eigenvalue weighted by atomic mass is 10.0. The van der Waals surface area contributed by atoms with E-state index in [1.54, 1.807) is 24.3 Å². The van der Waals surface area contributed by atoms with E-state index in [4.69, 9.17) is 11.5 Å². The number of benzene rings is 2. The predicted molar refractivity (Wildman–Crippen MR) is 81.6 cm³/mol. The van der Waals surface area contributed by atoms with Gasteiger partial charge in [0.2, 0.25) is 5.91 Å². The third-order valence-corrected chi connectivity index (χ3v) is 3.16. The van der Waals surface area contributed by atoms with Crippen LogP contribution in [0.25, 0.3) is 0 Å². The molecule has 2 aromatic carbocycles. The Labute approximate surface area is 123 Å². The molecule has 0 heterocycles. The average molecular weight is 283 g/mol. The molecule has 0 aliphatic carbocycles. The van der Waals surface area contributed by atoms with Crippen LogP contribution in [0.1, 0.15) is 21.5 Å². The van der Waals surface area contributed by atoms with Gasteiger partial charge < -0.3 is 16.8 Å². The van der Waals surface area contributed by atoms with E-state index < -0.39 is 5.91 Å². The van der Waals surface area contributed by atoms with Gasteiger partial charge in [0.15, 0.2) is 0 Å². The average Bonchev–Trinajstić information content (AvgIpc) is 2.48. The Hall–Kier alpha value is -2.66. The zero-order valence-corrected chi connectivity index (χ0v) is 11.5. The number of carbonyl (C=O) groups excluding carboxylic acids is 2. The Bertz CT molecular complexity index is 668. The molecule has 5 nitrogen and oxygen atoms in total. The first-order chi connectivity index (χ1) is 10.1. The highest BCUT2D eigenvalue weighted by Gasteiger charge is 2.11. The fourth-order valence-corrected chi connectivity index (χ4v) is 2.10. The number of para-hydroxylation sites is 1. The highest BCUT2D eigenvalue weighted by molar-refractivity contribution is 6.03. The van der Waals surface area contributed by atoms with Crippen molar-refractivity contribution in [1.29, 1.82) is 0 Å². The van der Waals surface area contributed by atoms with Crippen LogP contribution in [-0.4, -0.2) is 11.8 Å². The minimum Gasteiger partial charge on any atom is -0.366 e. The summed E-state index contributed by atoms with van der Waals surface area (Å²) in [4.78, 5) is 23.4. The summed E-state index contributed by atoms with van der Waals surface area (Å²) < 4.78 is 0. The molecule has 0 saturated heterocycles. The molecular formula is C16H17N3O2. The van der Waals surface area contributed by atoms with Crippen molar-refractivity contribution < 1.29 is 9.59 Å². The summed E-state index contributed by atoms with van der Waals surface area (Å²) in [7, 11) is 0. The molecular weight excluding hydrogens is 266 g/mol. The molecule has 0 radical (unpaired) electrons. The molecule has 0 fully saturated rings. The van der Waals surface area contributed by atoms with Crippen LogP contribution in [0.5, 0.6) is 0 Å². The Morgan fingerprint density at radius 2 is 1.57 bits per heavy atom. The van der Waals surface area contributed by atoms with Crippen LogP contribution < -0.4 is 16.8 Å². The van der Waals surface area contributed by atoms with Gasteiger partial charge in [-0.2, -0.15) is 0 Å². The quantitative estimate of drug-likeness (QED) is 0.774. The number of hydrogen-bond acceptors (Lipinski definition) is 3. The second-order valence-electron chi connectivity index (χ2n) is 4.61. The maximum absolute atomic E-state index is 12.1. The van der Waals surface area contributed by atoms with Gasteiger partial charge in [-0.25, -0.2) is 0 Å². The van der Waals surface area contributed by atoms with E-state index in [1.807, 2.05) is 24.3 Å². The van der Waals surface area contributed by atoms with Gasteiger partial charge in [-0.1, -0.05) is 36.4 Å². The molecule has 0 aliphatic rings. The van der Waals surface area contributed by atoms with Crippen molar-refractivity contribution in [2.45, 2.75) is 13.0 Å². The van der Waals surface area contributed by atoms with Crippen LogP contribution in [0.2, 0.25) is 0 Å². The number of rotatable bonds is 5. The second-order valence-corrected chi connectivity index (χ2v) is 4.61. The summed E-state index contributed by atoms with van der Waals surface area (Å²) in [6.07, 6.45) is 0.195. The van der Waals surface area contributed by atoms with Gasteiger partial charge in [-0.05, 0) is 23.3 Å². The van der Waals surface area contributed by atoms with Crippen LogP contribution >= 0.6 is 0 Å². The topological polar surface area (TPSA) is 98.2 Å². The monoisotopic (exact) mass is 283 g/mol. The summed E-state index contributed by atoms with van der Waals surface area (Å²) in [5.41, 5.74) is 13.4. The van der Waals surface area contributed by atoms with Crippen LogP contribution in [0.15, 0.2) is 48.5 Å². The van der Waals surface area contributed by atoms with E-state index in [9.17, 15) is 9.59 Å². The fraction of sp³-hybridized carbons (Fsp3) is 0.125. The second kappa shape index (κ2) is 6.67. The standard InChI is InChI=1S/C16H17N3O2/c17-10-12-6-2-1-5-11(12)9-15(20)19-14-8-4-3-7-13(14)16(18)21/h1-8H,9-10,17H2,(H2,18,21)(H,19,20). The van der Waals surface area contributed by atoms with Gasteiger partial charge in [0.05, 0.1) is 17.7 Å². The number of nitrogens with two attached hydrogens (primary N) is 2. The van der Waals surface area contributed by atoms with Crippen LogP contribution in [0.3, 0.4) is 0 Å². The van der Waals surface area contributed by atoms with Crippen molar-refractivity contribution in [3.8, 4) is 0 Å². The number of carbonyl (C=O) groups is 2. The number of primary amides is 1. The van der Waals surface area contributed by atoms with Gasteiger partial charge in [-0.15, -0.1) is 0 Å². The molecule has 2 aromatic rings. The van der Waals surface area contributed by atoms with Gasteiger partial charge in [0, 0.05) is 6.54 Å². The summed E-state index contributed by atoms with van der Waals surface area (Å²) in [5, 5.41) is 2.71. The first-order valence-electron chi connectivity index (χ1n) is 6.57. The minimum absolute atomic E-state index is 0.195. The van der Waals surface area contributed by atoms with Crippen molar-refractivity contribution in [2.24, 2.45) is 11.5 Å². The number of amides is 2. The SMILES string of the molecule is NCc1ccccc1CC(=O)Nc1ccccc1C(N)=O. The van der Waals surface area contributed by atoms with Crippen molar-refractivity contribution in [3.63, 3.8) is 0 Å². The molecule has 0 atom stereocenters. The van der Waals surface area contributed by atoms with E-state index in [1.165, 1.54) is 0 Å². The molecule has 0 unspecified atom stereocenters. The number of anilines is 1. The van der Waals surface area contributed by atoms with Gasteiger partial charge in [0.1, 0.15) is 0 Å². The summed E-state index contributed by atoms with van der Waals surface area (Å²) >= 11 is 0. The zero-order chi connectivity index (χ0) is 15.2. The molecule has 108 valence electrons. The first kappa shape index (κ1) is 14.7. The molecule has 5 N–H and O–H groups in total. The molecule has 0 aliphatic heterocycles. The molecule has 2 amide bonds. The third kappa shape index (κ3) is 3.67. The summed E-state index contributed by atoms with van der Waals surface area (Å²) in [6.45, 7) is 0.376. The predicted octanol–water partition coefficient (Wildman–Crippen LogP) is 1.43. The van der Waals surface area contributed by atoms with Gasteiger partial charge in [0.25, 0.3) is 5.91 Å². The van der Waals surface area contributed by atoms with Gasteiger partial charge >= 0.3 is 0 Å². The Balaban J connectivity index is 2.14. The van der Waals surface area contributed by atoms with Crippen LogP contribution in [0.4, 0.5) is 5.69 Å². The lowest BCUT2D eigenvalue weighted by Gasteiger charge is -2.10. The lowest BCUT2D eigenvalue weighted by Crippen LogP contribution is -2.20. The smallest absolute Gasteiger partial charge is 0.250 e. The van der Waals surface area contributed by atoms with Gasteiger partial charge in [-0.3, -0.25) is 9.59 Å². The van der Waals surface area contributed by atoms with Crippen molar-refractivity contribution >= 4 is 17.5 Å². The van der Waals surface area contributed by atoms with E-state index in [0.717, 1.165) is 11.1 Å². The third-order valence-electron chi connectivity index (χ3n) is 3.16. The molecule has 0 bridgehead atoms. The zero-order valence-electron chi connectivity index (χ0n) is 11.5. The normalized spacial score (nSPS) is 10.1. The highest BCUT2D eigenvalue weighted by atomic mass is 16.2. The van der Waals surface area contributed by atoms with E-state index >= 15 is 0 Å². The molecule has 2 rings (SSSR count). The Morgan fingerprint density at radius 1 is 0.952 bits per heavy atom. The Kier molecular flexibility index (Phi) is 4.68. The minimum atomic E-state index is -0.576. The lowest BCUT2D eigenvalue weighted by molar-refractivity contribution is -0.115. The first-order valence-corrected chi connectivity index (χ1v) is 6.57. The molecule has 0 aromatic heterocycles. The molecule has 0 spiro atoms. The van der Waals surface area contributed by atoms with Crippen LogP contribution in [-0.2, 0) is 17.8 Å². The van der Waals surface area contributed by atoms with Crippen molar-refractivity contribution in [2.75, 3.05) is 5.32 Å². The summed E-state index contributed by atoms with van der Waals surface area (Å²) in [5.74, 6) is -0.794. The largest absolute Gasteiger partial charge is 0.366 e. The summed E-state index contributed by atoms with van der Waals surface area (Å²) in [6, 6.07) is 14.1. The fourth-order valence-electron chi connectivity index (χ4n) is 2.10.